The molecule has 1 nitrogen and oxygen atoms in total. The topological polar surface area (TPSA) is 20.2 Å². The molecule has 1 heteroatoms. The molecule has 0 unspecified atom stereocenters. The molecule has 74 valence electrons. The van der Waals surface area contributed by atoms with Gasteiger partial charge in [0.1, 0.15) is 6.61 Å². The highest BCUT2D eigenvalue weighted by molar-refractivity contribution is 5.52. The second-order valence-electron chi connectivity index (χ2n) is 3.60. The molecule has 14 heavy (non-hydrogen) atoms. The van der Waals surface area contributed by atoms with Crippen molar-refractivity contribution in [3.8, 4) is 11.8 Å². The molecule has 0 saturated heterocycles. The lowest BCUT2D eigenvalue weighted by Gasteiger charge is -2.10. The lowest BCUT2D eigenvalue weighted by molar-refractivity contribution is 0.350. The zero-order chi connectivity index (χ0) is 10.7. The van der Waals surface area contributed by atoms with Gasteiger partial charge in [-0.15, -0.1) is 0 Å². The van der Waals surface area contributed by atoms with E-state index < -0.39 is 0 Å². The molecule has 0 heterocycles. The molecule has 0 saturated carbocycles. The van der Waals surface area contributed by atoms with Crippen molar-refractivity contribution < 1.29 is 5.11 Å². The first-order valence-corrected chi connectivity index (χ1v) is 4.75. The van der Waals surface area contributed by atoms with Gasteiger partial charge in [0.25, 0.3) is 0 Å². The molecule has 1 aromatic rings. The first-order valence-electron chi connectivity index (χ1n) is 4.75. The van der Waals surface area contributed by atoms with Gasteiger partial charge in [0.15, 0.2) is 0 Å². The Labute approximate surface area is 85.8 Å². The van der Waals surface area contributed by atoms with Crippen LogP contribution >= 0.6 is 0 Å². The maximum absolute atomic E-state index is 8.67. The largest absolute Gasteiger partial charge is 0.384 e. The molecular weight excluding hydrogens is 172 g/mol. The predicted molar refractivity (Wildman–Crippen MR) is 59.4 cm³/mol. The highest BCUT2D eigenvalue weighted by atomic mass is 16.2. The first kappa shape index (κ1) is 10.8. The van der Waals surface area contributed by atoms with Crippen LogP contribution in [0.2, 0.25) is 0 Å². The van der Waals surface area contributed by atoms with Crippen LogP contribution in [0.1, 0.15) is 27.8 Å². The Morgan fingerprint density at radius 1 is 1.07 bits per heavy atom. The van der Waals surface area contributed by atoms with Crippen LogP contribution in [0.4, 0.5) is 0 Å². The first-order chi connectivity index (χ1) is 6.57. The Balaban J connectivity index is 3.39. The number of aliphatic hydroxyl groups excluding tert-OH is 1. The Morgan fingerprint density at radius 2 is 1.57 bits per heavy atom. The van der Waals surface area contributed by atoms with Gasteiger partial charge in [-0.25, -0.2) is 0 Å². The second kappa shape index (κ2) is 4.30. The van der Waals surface area contributed by atoms with Gasteiger partial charge >= 0.3 is 0 Å². The molecule has 0 spiro atoms. The minimum Gasteiger partial charge on any atom is -0.384 e. The minimum absolute atomic E-state index is 0.0775. The van der Waals surface area contributed by atoms with Crippen LogP contribution in [-0.4, -0.2) is 11.7 Å². The molecular formula is C13H16O. The van der Waals surface area contributed by atoms with Crippen LogP contribution in [0.15, 0.2) is 6.07 Å². The fourth-order valence-electron chi connectivity index (χ4n) is 1.53. The van der Waals surface area contributed by atoms with E-state index in [0.29, 0.717) is 0 Å². The number of hydrogen-bond donors (Lipinski definition) is 1. The van der Waals surface area contributed by atoms with Crippen molar-refractivity contribution in [3.63, 3.8) is 0 Å². The van der Waals surface area contributed by atoms with Gasteiger partial charge in [0, 0.05) is 5.56 Å². The van der Waals surface area contributed by atoms with Crippen molar-refractivity contribution >= 4 is 0 Å². The fraction of sp³-hybridized carbons (Fsp3) is 0.385. The summed E-state index contributed by atoms with van der Waals surface area (Å²) in [7, 11) is 0. The third-order valence-electron chi connectivity index (χ3n) is 2.66. The molecule has 1 aromatic carbocycles. The zero-order valence-electron chi connectivity index (χ0n) is 9.23. The minimum atomic E-state index is -0.0775. The van der Waals surface area contributed by atoms with Crippen LogP contribution in [0, 0.1) is 39.5 Å². The molecule has 0 atom stereocenters. The average Bonchev–Trinajstić information content (AvgIpc) is 2.15. The third-order valence-corrected chi connectivity index (χ3v) is 2.66. The molecule has 0 aromatic heterocycles. The molecule has 0 amide bonds. The van der Waals surface area contributed by atoms with Crippen molar-refractivity contribution in [2.24, 2.45) is 0 Å². The lowest BCUT2D eigenvalue weighted by Crippen LogP contribution is -1.95. The van der Waals surface area contributed by atoms with E-state index in [2.05, 4.69) is 45.6 Å². The fourth-order valence-corrected chi connectivity index (χ4v) is 1.53. The Hall–Kier alpha value is -1.26. The van der Waals surface area contributed by atoms with Gasteiger partial charge < -0.3 is 5.11 Å². The molecule has 0 bridgehead atoms. The van der Waals surface area contributed by atoms with Crippen LogP contribution < -0.4 is 0 Å². The number of benzene rings is 1. The summed E-state index contributed by atoms with van der Waals surface area (Å²) in [5, 5.41) is 8.67. The van der Waals surface area contributed by atoms with Gasteiger partial charge in [-0.1, -0.05) is 17.9 Å². The lowest BCUT2D eigenvalue weighted by atomic mass is 9.95. The van der Waals surface area contributed by atoms with Gasteiger partial charge in [-0.05, 0) is 49.9 Å². The van der Waals surface area contributed by atoms with E-state index in [9.17, 15) is 0 Å². The maximum atomic E-state index is 8.67. The SMILES string of the molecule is Cc1cc(C)c(C)c(C#CCO)c1C. The monoisotopic (exact) mass is 188 g/mol. The molecule has 0 aliphatic rings. The summed E-state index contributed by atoms with van der Waals surface area (Å²) < 4.78 is 0. The zero-order valence-corrected chi connectivity index (χ0v) is 9.23. The summed E-state index contributed by atoms with van der Waals surface area (Å²) in [6, 6.07) is 2.18. The summed E-state index contributed by atoms with van der Waals surface area (Å²) in [4.78, 5) is 0. The Bertz CT molecular complexity index is 379. The molecule has 0 radical (unpaired) electrons. The number of aliphatic hydroxyl groups is 1. The number of hydrogen-bond acceptors (Lipinski definition) is 1. The van der Waals surface area contributed by atoms with Crippen LogP contribution in [0.5, 0.6) is 0 Å². The van der Waals surface area contributed by atoms with E-state index in [1.807, 2.05) is 0 Å². The summed E-state index contributed by atoms with van der Waals surface area (Å²) >= 11 is 0. The van der Waals surface area contributed by atoms with E-state index in [4.69, 9.17) is 5.11 Å². The Morgan fingerprint density at radius 3 is 2.00 bits per heavy atom. The van der Waals surface area contributed by atoms with Crippen molar-refractivity contribution in [3.05, 3.63) is 33.9 Å². The van der Waals surface area contributed by atoms with Gasteiger partial charge in [-0.3, -0.25) is 0 Å². The summed E-state index contributed by atoms with van der Waals surface area (Å²) in [6.45, 7) is 8.25. The van der Waals surface area contributed by atoms with E-state index in [1.54, 1.807) is 0 Å². The van der Waals surface area contributed by atoms with Crippen molar-refractivity contribution in [2.45, 2.75) is 27.7 Å². The summed E-state index contributed by atoms with van der Waals surface area (Å²) in [5.74, 6) is 5.72. The van der Waals surface area contributed by atoms with E-state index in [0.717, 1.165) is 5.56 Å². The highest BCUT2D eigenvalue weighted by Gasteiger charge is 2.05. The second-order valence-corrected chi connectivity index (χ2v) is 3.60. The standard InChI is InChI=1S/C13H16O/c1-9-8-10(2)12(4)13(11(9)3)6-5-7-14/h8,14H,7H2,1-4H3. The normalized spacial score (nSPS) is 9.50. The van der Waals surface area contributed by atoms with Gasteiger partial charge in [0.05, 0.1) is 0 Å². The number of aryl methyl sites for hydroxylation is 2. The van der Waals surface area contributed by atoms with E-state index >= 15 is 0 Å². The smallest absolute Gasteiger partial charge is 0.104 e. The van der Waals surface area contributed by atoms with E-state index in [-0.39, 0.29) is 6.61 Å². The van der Waals surface area contributed by atoms with Crippen molar-refractivity contribution in [1.82, 2.24) is 0 Å². The van der Waals surface area contributed by atoms with Crippen molar-refractivity contribution in [1.29, 1.82) is 0 Å². The highest BCUT2D eigenvalue weighted by Crippen LogP contribution is 2.20. The molecule has 1 rings (SSSR count). The summed E-state index contributed by atoms with van der Waals surface area (Å²) in [6.07, 6.45) is 0. The Kier molecular flexibility index (Phi) is 3.33. The average molecular weight is 188 g/mol. The molecule has 0 aliphatic carbocycles. The predicted octanol–water partition coefficient (Wildman–Crippen LogP) is 2.26. The molecule has 1 N–H and O–H groups in total. The quantitative estimate of drug-likeness (QED) is 0.619. The van der Waals surface area contributed by atoms with Crippen LogP contribution in [0.3, 0.4) is 0 Å². The molecule has 0 aliphatic heterocycles. The maximum Gasteiger partial charge on any atom is 0.104 e. The molecule has 0 fully saturated rings. The third kappa shape index (κ3) is 1.97. The van der Waals surface area contributed by atoms with Crippen LogP contribution in [0.25, 0.3) is 0 Å². The summed E-state index contributed by atoms with van der Waals surface area (Å²) in [5.41, 5.74) is 6.02. The van der Waals surface area contributed by atoms with Gasteiger partial charge in [0.2, 0.25) is 0 Å². The van der Waals surface area contributed by atoms with Crippen LogP contribution in [-0.2, 0) is 0 Å². The number of rotatable bonds is 0. The van der Waals surface area contributed by atoms with Gasteiger partial charge in [-0.2, -0.15) is 0 Å². The van der Waals surface area contributed by atoms with Crippen molar-refractivity contribution in [2.75, 3.05) is 6.61 Å². The van der Waals surface area contributed by atoms with E-state index in [1.165, 1.54) is 22.3 Å².